The van der Waals surface area contributed by atoms with Gasteiger partial charge in [-0.1, -0.05) is 36.6 Å². The highest BCUT2D eigenvalue weighted by Gasteiger charge is 2.30. The molecule has 2 atom stereocenters. The fourth-order valence-corrected chi connectivity index (χ4v) is 4.43. The van der Waals surface area contributed by atoms with E-state index < -0.39 is 6.10 Å². The van der Waals surface area contributed by atoms with Gasteiger partial charge in [-0.2, -0.15) is 4.98 Å². The van der Waals surface area contributed by atoms with E-state index >= 15 is 0 Å². The number of rotatable bonds is 8. The highest BCUT2D eigenvalue weighted by molar-refractivity contribution is 6.33. The van der Waals surface area contributed by atoms with Crippen molar-refractivity contribution in [2.45, 2.75) is 50.7 Å². The summed E-state index contributed by atoms with van der Waals surface area (Å²) in [5, 5.41) is 22.6. The van der Waals surface area contributed by atoms with Crippen molar-refractivity contribution in [2.75, 3.05) is 16.0 Å². The third-order valence-corrected chi connectivity index (χ3v) is 6.86. The first kappa shape index (κ1) is 25.0. The number of aliphatic hydroxyl groups is 1. The highest BCUT2D eigenvalue weighted by atomic mass is 35.5. The highest BCUT2D eigenvalue weighted by Crippen LogP contribution is 2.33. The van der Waals surface area contributed by atoms with E-state index in [1.165, 1.54) is 6.20 Å². The molecule has 1 aromatic heterocycles. The Morgan fingerprint density at radius 2 is 1.65 bits per heavy atom. The Bertz CT molecular complexity index is 1280. The smallest absolute Gasteiger partial charge is 0.251 e. The summed E-state index contributed by atoms with van der Waals surface area (Å²) < 4.78 is 0. The lowest BCUT2D eigenvalue weighted by atomic mass is 9.92. The van der Waals surface area contributed by atoms with Crippen LogP contribution in [-0.2, 0) is 4.79 Å². The second-order valence-corrected chi connectivity index (χ2v) is 9.87. The Hall–Kier alpha value is -3.69. The van der Waals surface area contributed by atoms with Gasteiger partial charge in [0.15, 0.2) is 5.82 Å². The molecule has 0 aliphatic heterocycles. The van der Waals surface area contributed by atoms with Crippen LogP contribution in [0, 0.1) is 5.92 Å². The molecule has 0 radical (unpaired) electrons. The van der Waals surface area contributed by atoms with Crippen LogP contribution in [0.4, 0.5) is 28.8 Å². The van der Waals surface area contributed by atoms with Crippen LogP contribution in [0.1, 0.15) is 48.9 Å². The second kappa shape index (κ2) is 11.1. The van der Waals surface area contributed by atoms with Crippen molar-refractivity contribution >= 4 is 52.2 Å². The number of nitrogens with zero attached hydrogens (tertiary/aromatic N) is 2. The topological polar surface area (TPSA) is 128 Å². The summed E-state index contributed by atoms with van der Waals surface area (Å²) in [4.78, 5) is 33.6. The molecular formula is C27H29ClN6O3. The van der Waals surface area contributed by atoms with Crippen LogP contribution in [-0.4, -0.2) is 39.0 Å². The first-order valence-electron chi connectivity index (χ1n) is 12.5. The van der Waals surface area contributed by atoms with Crippen LogP contribution in [0.3, 0.4) is 0 Å². The molecule has 5 N–H and O–H groups in total. The molecule has 0 spiro atoms. The maximum Gasteiger partial charge on any atom is 0.251 e. The van der Waals surface area contributed by atoms with E-state index in [-0.39, 0.29) is 23.8 Å². The Balaban J connectivity index is 1.24. The number of anilines is 5. The average molecular weight is 521 g/mol. The maximum atomic E-state index is 12.6. The van der Waals surface area contributed by atoms with E-state index in [4.69, 9.17) is 11.6 Å². The number of aromatic nitrogens is 2. The van der Waals surface area contributed by atoms with E-state index in [0.29, 0.717) is 45.8 Å². The quantitative estimate of drug-likeness (QED) is 0.283. The summed E-state index contributed by atoms with van der Waals surface area (Å²) in [5.41, 5.74) is 2.52. The van der Waals surface area contributed by atoms with Gasteiger partial charge in [-0.3, -0.25) is 9.59 Å². The first-order chi connectivity index (χ1) is 18.0. The van der Waals surface area contributed by atoms with Crippen LogP contribution < -0.4 is 21.3 Å². The van der Waals surface area contributed by atoms with Crippen LogP contribution in [0.25, 0.3) is 0 Å². The zero-order valence-electron chi connectivity index (χ0n) is 20.2. The number of benzene rings is 2. The minimum absolute atomic E-state index is 0.0115. The third-order valence-electron chi connectivity index (χ3n) is 6.58. The Morgan fingerprint density at radius 1 is 0.919 bits per heavy atom. The van der Waals surface area contributed by atoms with Gasteiger partial charge in [-0.05, 0) is 62.1 Å². The largest absolute Gasteiger partial charge is 0.391 e. The second-order valence-electron chi connectivity index (χ2n) is 9.46. The van der Waals surface area contributed by atoms with Crippen LogP contribution in [0.2, 0.25) is 5.02 Å². The predicted octanol–water partition coefficient (Wildman–Crippen LogP) is 5.00. The summed E-state index contributed by atoms with van der Waals surface area (Å²) in [7, 11) is 0. The number of carbonyl (C=O) groups is 2. The van der Waals surface area contributed by atoms with Gasteiger partial charge in [0.1, 0.15) is 5.02 Å². The van der Waals surface area contributed by atoms with E-state index in [1.54, 1.807) is 24.3 Å². The molecule has 2 aliphatic rings. The normalized spacial score (nSPS) is 19.1. The van der Waals surface area contributed by atoms with Gasteiger partial charge in [0.05, 0.1) is 29.7 Å². The van der Waals surface area contributed by atoms with Gasteiger partial charge in [-0.15, -0.1) is 0 Å². The Labute approximate surface area is 220 Å². The standard InChI is InChI=1S/C27H29ClN6O3/c28-19-15-29-27(34-24(19)31-20-5-1-2-6-21(20)32-25(36)16-9-10-16)30-18-13-11-17(12-14-18)26(37)33-22-7-3-4-8-23(22)35/h1-2,5-6,11-16,22-23,35H,3-4,7-10H2,(H,32,36)(H,33,37)(H2,29,30,31,34). The number of nitrogens with one attached hydrogen (secondary N) is 4. The number of hydrogen-bond acceptors (Lipinski definition) is 7. The molecule has 0 saturated heterocycles. The van der Waals surface area contributed by atoms with Gasteiger partial charge in [0.25, 0.3) is 5.91 Å². The molecule has 0 bridgehead atoms. The number of para-hydroxylation sites is 2. The minimum atomic E-state index is -0.495. The number of halogens is 1. The van der Waals surface area contributed by atoms with Gasteiger partial charge in [0, 0.05) is 17.2 Å². The fourth-order valence-electron chi connectivity index (χ4n) is 4.29. The van der Waals surface area contributed by atoms with Crippen molar-refractivity contribution in [3.63, 3.8) is 0 Å². The summed E-state index contributed by atoms with van der Waals surface area (Å²) in [6, 6.07) is 14.1. The summed E-state index contributed by atoms with van der Waals surface area (Å²) >= 11 is 6.35. The number of amides is 2. The zero-order valence-corrected chi connectivity index (χ0v) is 21.0. The SMILES string of the molecule is O=C(NC1CCCCC1O)c1ccc(Nc2ncc(Cl)c(Nc3ccccc3NC(=O)C3CC3)n2)cc1. The molecule has 9 nitrogen and oxygen atoms in total. The van der Waals surface area contributed by atoms with Crippen molar-refractivity contribution in [1.29, 1.82) is 0 Å². The molecule has 37 heavy (non-hydrogen) atoms. The zero-order chi connectivity index (χ0) is 25.8. The van der Waals surface area contributed by atoms with Gasteiger partial charge >= 0.3 is 0 Å². The molecule has 3 aromatic rings. The van der Waals surface area contributed by atoms with E-state index in [1.807, 2.05) is 24.3 Å². The van der Waals surface area contributed by atoms with Crippen molar-refractivity contribution in [2.24, 2.45) is 5.92 Å². The molecular weight excluding hydrogens is 492 g/mol. The molecule has 2 fully saturated rings. The van der Waals surface area contributed by atoms with Gasteiger partial charge in [-0.25, -0.2) is 4.98 Å². The predicted molar refractivity (Wildman–Crippen MR) is 144 cm³/mol. The number of carbonyl (C=O) groups excluding carboxylic acids is 2. The van der Waals surface area contributed by atoms with Crippen LogP contribution in [0.15, 0.2) is 54.7 Å². The monoisotopic (exact) mass is 520 g/mol. The average Bonchev–Trinajstić information content (AvgIpc) is 3.75. The lowest BCUT2D eigenvalue weighted by molar-refractivity contribution is -0.117. The summed E-state index contributed by atoms with van der Waals surface area (Å²) in [6.45, 7) is 0. The van der Waals surface area contributed by atoms with E-state index in [0.717, 1.165) is 32.1 Å². The number of hydrogen-bond donors (Lipinski definition) is 5. The fraction of sp³-hybridized carbons (Fsp3) is 0.333. The Kier molecular flexibility index (Phi) is 7.52. The molecule has 10 heteroatoms. The van der Waals surface area contributed by atoms with E-state index in [9.17, 15) is 14.7 Å². The molecule has 192 valence electrons. The minimum Gasteiger partial charge on any atom is -0.391 e. The van der Waals surface area contributed by atoms with Gasteiger partial charge in [0.2, 0.25) is 11.9 Å². The lowest BCUT2D eigenvalue weighted by Crippen LogP contribution is -2.45. The van der Waals surface area contributed by atoms with Crippen LogP contribution >= 0.6 is 11.6 Å². The first-order valence-corrected chi connectivity index (χ1v) is 12.9. The van der Waals surface area contributed by atoms with Crippen molar-refractivity contribution in [3.8, 4) is 0 Å². The maximum absolute atomic E-state index is 12.6. The molecule has 1 heterocycles. The Morgan fingerprint density at radius 3 is 2.38 bits per heavy atom. The van der Waals surface area contributed by atoms with Gasteiger partial charge < -0.3 is 26.4 Å². The van der Waals surface area contributed by atoms with Crippen molar-refractivity contribution in [1.82, 2.24) is 15.3 Å². The summed E-state index contributed by atoms with van der Waals surface area (Å²) in [6.07, 6.45) is 6.32. The molecule has 2 aliphatic carbocycles. The summed E-state index contributed by atoms with van der Waals surface area (Å²) in [5.74, 6) is 0.586. The molecule has 2 amide bonds. The number of aliphatic hydroxyl groups excluding tert-OH is 1. The molecule has 2 saturated carbocycles. The van der Waals surface area contributed by atoms with Crippen molar-refractivity contribution in [3.05, 3.63) is 65.3 Å². The van der Waals surface area contributed by atoms with E-state index in [2.05, 4.69) is 31.2 Å². The van der Waals surface area contributed by atoms with Crippen molar-refractivity contribution < 1.29 is 14.7 Å². The lowest BCUT2D eigenvalue weighted by Gasteiger charge is -2.28. The third kappa shape index (κ3) is 6.36. The molecule has 5 rings (SSSR count). The molecule has 2 aromatic carbocycles. The molecule has 2 unspecified atom stereocenters. The van der Waals surface area contributed by atoms with Crippen LogP contribution in [0.5, 0.6) is 0 Å².